The lowest BCUT2D eigenvalue weighted by atomic mass is 10.1. The average molecular weight is 273 g/mol. The van der Waals surface area contributed by atoms with E-state index in [2.05, 4.69) is 5.32 Å². The van der Waals surface area contributed by atoms with E-state index >= 15 is 0 Å². The summed E-state index contributed by atoms with van der Waals surface area (Å²) in [6.07, 6.45) is 2.35. The van der Waals surface area contributed by atoms with Gasteiger partial charge in [-0.05, 0) is 37.8 Å². The molecule has 0 spiro atoms. The third-order valence-electron chi connectivity index (χ3n) is 2.98. The van der Waals surface area contributed by atoms with Crippen molar-refractivity contribution in [2.75, 3.05) is 5.73 Å². The second kappa shape index (κ2) is 4.75. The van der Waals surface area contributed by atoms with Crippen molar-refractivity contribution in [2.45, 2.75) is 25.8 Å². The van der Waals surface area contributed by atoms with Crippen LogP contribution < -0.4 is 11.1 Å². The van der Waals surface area contributed by atoms with Gasteiger partial charge in [-0.15, -0.1) is 0 Å². The number of nitrogen functional groups attached to an aromatic ring is 1. The number of nitrogens with one attached hydrogen (secondary N) is 1. The minimum atomic E-state index is -0.219. The summed E-state index contributed by atoms with van der Waals surface area (Å²) in [6.45, 7) is 2.00. The van der Waals surface area contributed by atoms with Crippen molar-refractivity contribution in [3.8, 4) is 0 Å². The molecule has 1 atom stereocenters. The quantitative estimate of drug-likeness (QED) is 0.831. The first-order chi connectivity index (χ1) is 7.99. The third-order valence-corrected chi connectivity index (χ3v) is 3.79. The Kier molecular flexibility index (Phi) is 3.50. The molecule has 3 N–H and O–H groups in total. The summed E-state index contributed by atoms with van der Waals surface area (Å²) in [5, 5.41) is 3.47. The molecule has 1 amide bonds. The maximum Gasteiger partial charge on any atom is 0.253 e. The molecule has 0 aliphatic heterocycles. The zero-order valence-corrected chi connectivity index (χ0v) is 11.0. The maximum atomic E-state index is 12.0. The van der Waals surface area contributed by atoms with E-state index in [0.29, 0.717) is 22.2 Å². The van der Waals surface area contributed by atoms with Gasteiger partial charge in [-0.1, -0.05) is 23.2 Å². The van der Waals surface area contributed by atoms with E-state index in [1.165, 1.54) is 18.9 Å². The fourth-order valence-corrected chi connectivity index (χ4v) is 2.20. The second-order valence-electron chi connectivity index (χ2n) is 4.46. The van der Waals surface area contributed by atoms with Gasteiger partial charge in [-0.2, -0.15) is 0 Å². The third kappa shape index (κ3) is 2.85. The average Bonchev–Trinajstić information content (AvgIpc) is 3.06. The van der Waals surface area contributed by atoms with Crippen molar-refractivity contribution in [3.63, 3.8) is 0 Å². The largest absolute Gasteiger partial charge is 0.399 e. The van der Waals surface area contributed by atoms with E-state index in [9.17, 15) is 4.79 Å². The summed E-state index contributed by atoms with van der Waals surface area (Å²) in [7, 11) is 0. The molecule has 0 radical (unpaired) electrons. The van der Waals surface area contributed by atoms with Crippen molar-refractivity contribution in [3.05, 3.63) is 27.7 Å². The molecular weight excluding hydrogens is 259 g/mol. The van der Waals surface area contributed by atoms with Crippen molar-refractivity contribution in [2.24, 2.45) is 5.92 Å². The summed E-state index contributed by atoms with van der Waals surface area (Å²) in [6, 6.07) is 3.24. The molecule has 5 heteroatoms. The summed E-state index contributed by atoms with van der Waals surface area (Å²) in [5.74, 6) is 0.373. The molecule has 92 valence electrons. The van der Waals surface area contributed by atoms with Crippen LogP contribution >= 0.6 is 23.2 Å². The Labute approximate surface area is 110 Å². The number of anilines is 1. The van der Waals surface area contributed by atoms with E-state index in [-0.39, 0.29) is 17.0 Å². The highest BCUT2D eigenvalue weighted by atomic mass is 35.5. The summed E-state index contributed by atoms with van der Waals surface area (Å²) in [4.78, 5) is 12.0. The predicted octanol–water partition coefficient (Wildman–Crippen LogP) is 3.10. The van der Waals surface area contributed by atoms with Gasteiger partial charge in [-0.25, -0.2) is 0 Å². The van der Waals surface area contributed by atoms with Crippen LogP contribution in [0.1, 0.15) is 30.1 Å². The number of carbonyl (C=O) groups is 1. The predicted molar refractivity (Wildman–Crippen MR) is 70.5 cm³/mol. The van der Waals surface area contributed by atoms with Crippen molar-refractivity contribution < 1.29 is 4.79 Å². The zero-order valence-electron chi connectivity index (χ0n) is 9.47. The van der Waals surface area contributed by atoms with Gasteiger partial charge >= 0.3 is 0 Å². The highest BCUT2D eigenvalue weighted by molar-refractivity contribution is 6.44. The molecule has 1 aromatic rings. The van der Waals surface area contributed by atoms with E-state index in [4.69, 9.17) is 28.9 Å². The summed E-state index contributed by atoms with van der Waals surface area (Å²) >= 11 is 11.9. The minimum Gasteiger partial charge on any atom is -0.399 e. The van der Waals surface area contributed by atoms with Gasteiger partial charge in [0.25, 0.3) is 5.91 Å². The number of rotatable bonds is 3. The zero-order chi connectivity index (χ0) is 12.6. The molecule has 1 unspecified atom stereocenters. The SMILES string of the molecule is CC(NC(=O)c1cc(N)cc(Cl)c1Cl)C1CC1. The molecule has 1 aromatic carbocycles. The van der Waals surface area contributed by atoms with Gasteiger partial charge in [0, 0.05) is 11.7 Å². The van der Waals surface area contributed by atoms with Crippen molar-refractivity contribution >= 4 is 34.8 Å². The summed E-state index contributed by atoms with van der Waals surface area (Å²) in [5.41, 5.74) is 6.42. The molecule has 0 heterocycles. The van der Waals surface area contributed by atoms with Crippen molar-refractivity contribution in [1.29, 1.82) is 0 Å². The van der Waals surface area contributed by atoms with Gasteiger partial charge in [0.1, 0.15) is 0 Å². The Balaban J connectivity index is 2.17. The lowest BCUT2D eigenvalue weighted by Crippen LogP contribution is -2.34. The Hall–Kier alpha value is -0.930. The molecule has 1 aliphatic carbocycles. The highest BCUT2D eigenvalue weighted by Crippen LogP contribution is 2.33. The number of halogens is 2. The minimum absolute atomic E-state index is 0.166. The monoisotopic (exact) mass is 272 g/mol. The van der Waals surface area contributed by atoms with Gasteiger partial charge in [0.05, 0.1) is 15.6 Å². The Morgan fingerprint density at radius 1 is 1.47 bits per heavy atom. The first kappa shape index (κ1) is 12.5. The van der Waals surface area contributed by atoms with Gasteiger partial charge in [0.2, 0.25) is 0 Å². The van der Waals surface area contributed by atoms with Crippen LogP contribution in [0.2, 0.25) is 10.0 Å². The molecule has 0 saturated heterocycles. The summed E-state index contributed by atoms with van der Waals surface area (Å²) < 4.78 is 0. The molecule has 1 fully saturated rings. The smallest absolute Gasteiger partial charge is 0.253 e. The Morgan fingerprint density at radius 2 is 2.12 bits per heavy atom. The van der Waals surface area contributed by atoms with Crippen LogP contribution in [0.25, 0.3) is 0 Å². The lowest BCUT2D eigenvalue weighted by molar-refractivity contribution is 0.0936. The van der Waals surface area contributed by atoms with Crippen LogP contribution in [0.4, 0.5) is 5.69 Å². The van der Waals surface area contributed by atoms with Gasteiger partial charge < -0.3 is 11.1 Å². The van der Waals surface area contributed by atoms with E-state index in [0.717, 1.165) is 0 Å². The first-order valence-electron chi connectivity index (χ1n) is 5.54. The van der Waals surface area contributed by atoms with Crippen LogP contribution in [-0.2, 0) is 0 Å². The second-order valence-corrected chi connectivity index (χ2v) is 5.25. The highest BCUT2D eigenvalue weighted by Gasteiger charge is 2.29. The normalized spacial score (nSPS) is 16.6. The standard InChI is InChI=1S/C12H14Cl2N2O/c1-6(7-2-3-7)16-12(17)9-4-8(15)5-10(13)11(9)14/h4-7H,2-3,15H2,1H3,(H,16,17). The maximum absolute atomic E-state index is 12.0. The number of hydrogen-bond acceptors (Lipinski definition) is 2. The molecule has 0 aromatic heterocycles. The van der Waals surface area contributed by atoms with Crippen molar-refractivity contribution in [1.82, 2.24) is 5.32 Å². The van der Waals surface area contributed by atoms with Crippen LogP contribution in [0.3, 0.4) is 0 Å². The van der Waals surface area contributed by atoms with Gasteiger partial charge in [-0.3, -0.25) is 4.79 Å². The number of benzene rings is 1. The molecule has 1 aliphatic rings. The molecule has 1 saturated carbocycles. The molecule has 17 heavy (non-hydrogen) atoms. The number of hydrogen-bond donors (Lipinski definition) is 2. The number of carbonyl (C=O) groups excluding carboxylic acids is 1. The molecule has 2 rings (SSSR count). The molecule has 0 bridgehead atoms. The molecule has 3 nitrogen and oxygen atoms in total. The number of amides is 1. The molecular formula is C12H14Cl2N2O. The van der Waals surface area contributed by atoms with Crippen LogP contribution in [0.5, 0.6) is 0 Å². The van der Waals surface area contributed by atoms with E-state index < -0.39 is 0 Å². The Bertz CT molecular complexity index is 458. The number of nitrogens with two attached hydrogens (primary N) is 1. The Morgan fingerprint density at radius 3 is 2.71 bits per heavy atom. The van der Waals surface area contributed by atoms with E-state index in [1.807, 2.05) is 6.92 Å². The van der Waals surface area contributed by atoms with Crippen LogP contribution in [0.15, 0.2) is 12.1 Å². The van der Waals surface area contributed by atoms with Crippen LogP contribution in [-0.4, -0.2) is 11.9 Å². The van der Waals surface area contributed by atoms with Gasteiger partial charge in [0.15, 0.2) is 0 Å². The van der Waals surface area contributed by atoms with E-state index in [1.54, 1.807) is 6.07 Å². The van der Waals surface area contributed by atoms with Crippen LogP contribution in [0, 0.1) is 5.92 Å². The fourth-order valence-electron chi connectivity index (χ4n) is 1.77. The lowest BCUT2D eigenvalue weighted by Gasteiger charge is -2.14. The fraction of sp³-hybridized carbons (Fsp3) is 0.417. The topological polar surface area (TPSA) is 55.1 Å². The first-order valence-corrected chi connectivity index (χ1v) is 6.30.